The first-order chi connectivity index (χ1) is 14.7. The van der Waals surface area contributed by atoms with Crippen molar-refractivity contribution in [2.45, 2.75) is 18.7 Å². The van der Waals surface area contributed by atoms with Crippen LogP contribution in [0.5, 0.6) is 17.2 Å². The minimum Gasteiger partial charge on any atom is -0.493 e. The fraction of sp³-hybridized carbons (Fsp3) is 0.318. The van der Waals surface area contributed by atoms with Crippen LogP contribution in [-0.4, -0.2) is 53.0 Å². The number of carbonyl (C=O) groups is 1. The average molecular weight is 449 g/mol. The summed E-state index contributed by atoms with van der Waals surface area (Å²) in [6, 6.07) is 9.82. The molecule has 0 bridgehead atoms. The Kier molecular flexibility index (Phi) is 8.47. The van der Waals surface area contributed by atoms with Gasteiger partial charge in [0.1, 0.15) is 10.6 Å². The summed E-state index contributed by atoms with van der Waals surface area (Å²) in [5, 5.41) is 2.67. The lowest BCUT2D eigenvalue weighted by Crippen LogP contribution is -2.23. The molecule has 168 valence electrons. The minimum atomic E-state index is -3.75. The number of ether oxygens (including phenoxy) is 3. The number of amides is 1. The maximum absolute atomic E-state index is 12.6. The number of benzene rings is 2. The summed E-state index contributed by atoms with van der Waals surface area (Å²) >= 11 is 0. The second-order valence-corrected chi connectivity index (χ2v) is 8.67. The van der Waals surface area contributed by atoms with E-state index in [0.717, 1.165) is 9.87 Å². The predicted octanol–water partition coefficient (Wildman–Crippen LogP) is 3.39. The zero-order valence-corrected chi connectivity index (χ0v) is 19.2. The highest BCUT2D eigenvalue weighted by Crippen LogP contribution is 2.30. The van der Waals surface area contributed by atoms with Gasteiger partial charge in [-0.1, -0.05) is 6.07 Å². The van der Waals surface area contributed by atoms with E-state index < -0.39 is 15.9 Å². The first-order valence-electron chi connectivity index (χ1n) is 9.72. The molecule has 0 aliphatic carbocycles. The molecule has 2 aromatic rings. The van der Waals surface area contributed by atoms with Crippen LogP contribution in [0.1, 0.15) is 19.4 Å². The van der Waals surface area contributed by atoms with E-state index in [2.05, 4.69) is 5.32 Å². The first kappa shape index (κ1) is 24.2. The van der Waals surface area contributed by atoms with Gasteiger partial charge in [-0.05, 0) is 55.8 Å². The molecule has 0 aliphatic heterocycles. The molecular weight excluding hydrogens is 420 g/mol. The molecule has 2 rings (SSSR count). The van der Waals surface area contributed by atoms with Gasteiger partial charge in [-0.25, -0.2) is 12.7 Å². The zero-order chi connectivity index (χ0) is 23.0. The lowest BCUT2D eigenvalue weighted by Gasteiger charge is -2.16. The van der Waals surface area contributed by atoms with Crippen molar-refractivity contribution in [2.24, 2.45) is 0 Å². The normalized spacial score (nSPS) is 11.5. The van der Waals surface area contributed by atoms with E-state index >= 15 is 0 Å². The number of sulfonamides is 1. The highest BCUT2D eigenvalue weighted by Gasteiger charge is 2.23. The van der Waals surface area contributed by atoms with E-state index in [0.29, 0.717) is 30.4 Å². The lowest BCUT2D eigenvalue weighted by atomic mass is 10.2. The number of hydrogen-bond acceptors (Lipinski definition) is 6. The standard InChI is InChI=1S/C22H28N2O6S/c1-6-29-18-11-8-16(14-20(18)28-5)9-13-22(25)23-17-10-12-19(30-7-2)21(15-17)31(26,27)24(3)4/h8-15H,6-7H2,1-5H3,(H,23,25)/b13-9+. The molecule has 0 heterocycles. The molecule has 0 unspecified atom stereocenters. The van der Waals surface area contributed by atoms with E-state index in [-0.39, 0.29) is 10.6 Å². The van der Waals surface area contributed by atoms with E-state index in [1.165, 1.54) is 32.3 Å². The highest BCUT2D eigenvalue weighted by molar-refractivity contribution is 7.89. The predicted molar refractivity (Wildman–Crippen MR) is 120 cm³/mol. The Balaban J connectivity index is 2.22. The van der Waals surface area contributed by atoms with Crippen LogP contribution >= 0.6 is 0 Å². The van der Waals surface area contributed by atoms with Gasteiger partial charge in [-0.15, -0.1) is 0 Å². The fourth-order valence-corrected chi connectivity index (χ4v) is 3.73. The Bertz CT molecular complexity index is 1050. The summed E-state index contributed by atoms with van der Waals surface area (Å²) in [6.45, 7) is 4.48. The fourth-order valence-electron chi connectivity index (χ4n) is 2.68. The van der Waals surface area contributed by atoms with Gasteiger partial charge in [0.05, 0.1) is 20.3 Å². The molecule has 31 heavy (non-hydrogen) atoms. The summed E-state index contributed by atoms with van der Waals surface area (Å²) in [5.74, 6) is 1.00. The monoisotopic (exact) mass is 448 g/mol. The van der Waals surface area contributed by atoms with Crippen molar-refractivity contribution in [3.8, 4) is 17.2 Å². The van der Waals surface area contributed by atoms with Crippen molar-refractivity contribution in [2.75, 3.05) is 39.7 Å². The van der Waals surface area contributed by atoms with Crippen molar-refractivity contribution >= 4 is 27.7 Å². The largest absolute Gasteiger partial charge is 0.493 e. The number of hydrogen-bond donors (Lipinski definition) is 1. The van der Waals surface area contributed by atoms with Crippen molar-refractivity contribution in [3.63, 3.8) is 0 Å². The van der Waals surface area contributed by atoms with Crippen LogP contribution in [0.3, 0.4) is 0 Å². The summed E-state index contributed by atoms with van der Waals surface area (Å²) in [7, 11) is 0.668. The molecule has 8 nitrogen and oxygen atoms in total. The van der Waals surface area contributed by atoms with Crippen LogP contribution in [0.4, 0.5) is 5.69 Å². The second-order valence-electron chi connectivity index (χ2n) is 6.55. The third kappa shape index (κ3) is 6.22. The van der Waals surface area contributed by atoms with E-state index in [9.17, 15) is 13.2 Å². The Morgan fingerprint density at radius 3 is 2.26 bits per heavy atom. The maximum Gasteiger partial charge on any atom is 0.248 e. The molecule has 0 fully saturated rings. The van der Waals surface area contributed by atoms with E-state index in [1.807, 2.05) is 6.92 Å². The Hall–Kier alpha value is -3.04. The van der Waals surface area contributed by atoms with Crippen LogP contribution in [0.15, 0.2) is 47.4 Å². The van der Waals surface area contributed by atoms with Crippen LogP contribution in [0.25, 0.3) is 6.08 Å². The van der Waals surface area contributed by atoms with Gasteiger partial charge in [0.2, 0.25) is 15.9 Å². The molecule has 0 atom stereocenters. The van der Waals surface area contributed by atoms with Crippen LogP contribution in [0.2, 0.25) is 0 Å². The summed E-state index contributed by atoms with van der Waals surface area (Å²) in [5.41, 5.74) is 1.08. The SMILES string of the molecule is CCOc1ccc(/C=C/C(=O)Nc2ccc(OCC)c(S(=O)(=O)N(C)C)c2)cc1OC. The number of nitrogens with one attached hydrogen (secondary N) is 1. The number of methoxy groups -OCH3 is 1. The summed E-state index contributed by atoms with van der Waals surface area (Å²) < 4.78 is 42.5. The van der Waals surface area contributed by atoms with E-state index in [1.54, 1.807) is 44.4 Å². The Morgan fingerprint density at radius 2 is 1.65 bits per heavy atom. The lowest BCUT2D eigenvalue weighted by molar-refractivity contribution is -0.111. The number of rotatable bonds is 10. The smallest absolute Gasteiger partial charge is 0.248 e. The molecule has 9 heteroatoms. The third-order valence-electron chi connectivity index (χ3n) is 4.18. The average Bonchev–Trinajstić information content (AvgIpc) is 2.74. The van der Waals surface area contributed by atoms with Gasteiger partial charge in [0.15, 0.2) is 11.5 Å². The van der Waals surface area contributed by atoms with Gasteiger partial charge in [0.25, 0.3) is 0 Å². The van der Waals surface area contributed by atoms with Crippen molar-refractivity contribution in [1.82, 2.24) is 4.31 Å². The zero-order valence-electron chi connectivity index (χ0n) is 18.3. The van der Waals surface area contributed by atoms with Gasteiger partial charge >= 0.3 is 0 Å². The van der Waals surface area contributed by atoms with Crippen molar-refractivity contribution < 1.29 is 27.4 Å². The van der Waals surface area contributed by atoms with Gasteiger partial charge in [0, 0.05) is 25.9 Å². The molecule has 0 aliphatic rings. The first-order valence-corrected chi connectivity index (χ1v) is 11.2. The summed E-state index contributed by atoms with van der Waals surface area (Å²) in [4.78, 5) is 12.4. The topological polar surface area (TPSA) is 94.2 Å². The number of carbonyl (C=O) groups excluding carboxylic acids is 1. The minimum absolute atomic E-state index is 0.0163. The maximum atomic E-state index is 12.6. The van der Waals surface area contributed by atoms with Crippen LogP contribution in [-0.2, 0) is 14.8 Å². The molecule has 2 aromatic carbocycles. The van der Waals surface area contributed by atoms with Gasteiger partial charge in [-0.3, -0.25) is 4.79 Å². The molecular formula is C22H28N2O6S. The number of nitrogens with zero attached hydrogens (tertiary/aromatic N) is 1. The van der Waals surface area contributed by atoms with Crippen LogP contribution < -0.4 is 19.5 Å². The van der Waals surface area contributed by atoms with Crippen molar-refractivity contribution in [3.05, 3.63) is 48.0 Å². The molecule has 0 saturated heterocycles. The summed E-state index contributed by atoms with van der Waals surface area (Å²) in [6.07, 6.45) is 2.98. The van der Waals surface area contributed by atoms with Crippen LogP contribution in [0, 0.1) is 0 Å². The molecule has 0 radical (unpaired) electrons. The third-order valence-corrected chi connectivity index (χ3v) is 6.02. The quantitative estimate of drug-likeness (QED) is 0.560. The Labute approximate surface area is 183 Å². The van der Waals surface area contributed by atoms with Gasteiger partial charge < -0.3 is 19.5 Å². The van der Waals surface area contributed by atoms with Crippen molar-refractivity contribution in [1.29, 1.82) is 0 Å². The second kappa shape index (κ2) is 10.8. The van der Waals surface area contributed by atoms with E-state index in [4.69, 9.17) is 14.2 Å². The molecule has 0 spiro atoms. The molecule has 0 aromatic heterocycles. The highest BCUT2D eigenvalue weighted by atomic mass is 32.2. The Morgan fingerprint density at radius 1 is 1.00 bits per heavy atom. The molecule has 1 N–H and O–H groups in total. The van der Waals surface area contributed by atoms with Gasteiger partial charge in [-0.2, -0.15) is 0 Å². The molecule has 0 saturated carbocycles. The molecule has 1 amide bonds. The number of anilines is 1.